The lowest BCUT2D eigenvalue weighted by Crippen LogP contribution is -2.28. The highest BCUT2D eigenvalue weighted by molar-refractivity contribution is 6.09. The highest BCUT2D eigenvalue weighted by Crippen LogP contribution is 2.21. The van der Waals surface area contributed by atoms with E-state index in [4.69, 9.17) is 4.74 Å². The van der Waals surface area contributed by atoms with Crippen molar-refractivity contribution >= 4 is 23.0 Å². The molecule has 2 amide bonds. The van der Waals surface area contributed by atoms with Crippen LogP contribution in [0.3, 0.4) is 0 Å². The van der Waals surface area contributed by atoms with Gasteiger partial charge in [-0.3, -0.25) is 14.0 Å². The predicted molar refractivity (Wildman–Crippen MR) is 93.7 cm³/mol. The van der Waals surface area contributed by atoms with E-state index in [9.17, 15) is 22.8 Å². The fourth-order valence-electron chi connectivity index (χ4n) is 2.51. The molecular formula is C18H15F3N4O3. The predicted octanol–water partition coefficient (Wildman–Crippen LogP) is 2.38. The Hall–Kier alpha value is -3.40. The summed E-state index contributed by atoms with van der Waals surface area (Å²) in [7, 11) is 1.48. The summed E-state index contributed by atoms with van der Waals surface area (Å²) >= 11 is 0. The summed E-state index contributed by atoms with van der Waals surface area (Å²) in [6.45, 7) is 0.524. The molecule has 0 spiro atoms. The lowest BCUT2D eigenvalue weighted by molar-refractivity contribution is 0.0926. The number of amides is 2. The van der Waals surface area contributed by atoms with Gasteiger partial charge in [-0.15, -0.1) is 0 Å². The van der Waals surface area contributed by atoms with Gasteiger partial charge in [-0.25, -0.2) is 18.2 Å². The fourth-order valence-corrected chi connectivity index (χ4v) is 2.51. The number of aromatic nitrogens is 2. The molecule has 0 saturated carbocycles. The number of carbonyl (C=O) groups is 2. The van der Waals surface area contributed by atoms with Crippen molar-refractivity contribution in [3.63, 3.8) is 0 Å². The Bertz CT molecular complexity index is 1050. The second-order valence-electron chi connectivity index (χ2n) is 5.67. The van der Waals surface area contributed by atoms with E-state index in [0.717, 1.165) is 6.07 Å². The largest absolute Gasteiger partial charge is 0.383 e. The number of methoxy groups -OCH3 is 1. The Morgan fingerprint density at radius 3 is 2.64 bits per heavy atom. The first-order valence-electron chi connectivity index (χ1n) is 8.13. The normalized spacial score (nSPS) is 10.9. The standard InChI is InChI=1S/C18H15F3N4O3/c1-28-9-7-22-18(27)16-24-15(12-4-2-3-8-25(12)16)17(26)23-11-6-5-10(19)13(20)14(11)21/h2-6,8H,7,9H2,1H3,(H,22,27)(H,23,26). The number of hydrogen-bond acceptors (Lipinski definition) is 4. The topological polar surface area (TPSA) is 84.7 Å². The van der Waals surface area contributed by atoms with E-state index in [0.29, 0.717) is 6.07 Å². The maximum absolute atomic E-state index is 13.8. The Balaban J connectivity index is 1.94. The molecule has 0 atom stereocenters. The molecule has 3 rings (SSSR count). The molecule has 0 fully saturated rings. The number of fused-ring (bicyclic) bond motifs is 1. The Kier molecular flexibility index (Phi) is 5.59. The molecule has 146 valence electrons. The monoisotopic (exact) mass is 392 g/mol. The first-order chi connectivity index (χ1) is 13.4. The third kappa shape index (κ3) is 3.67. The third-order valence-corrected chi connectivity index (χ3v) is 3.84. The molecule has 3 aromatic rings. The molecule has 10 heteroatoms. The van der Waals surface area contributed by atoms with Crippen LogP contribution < -0.4 is 10.6 Å². The molecule has 0 unspecified atom stereocenters. The molecule has 0 aliphatic heterocycles. The molecule has 0 aliphatic carbocycles. The van der Waals surface area contributed by atoms with Gasteiger partial charge in [0.1, 0.15) is 0 Å². The molecule has 0 bridgehead atoms. The van der Waals surface area contributed by atoms with Gasteiger partial charge in [0, 0.05) is 19.9 Å². The van der Waals surface area contributed by atoms with Crippen LogP contribution in [0, 0.1) is 17.5 Å². The van der Waals surface area contributed by atoms with Gasteiger partial charge in [-0.05, 0) is 24.3 Å². The molecule has 2 aromatic heterocycles. The number of pyridine rings is 1. The van der Waals surface area contributed by atoms with Crippen LogP contribution in [0.15, 0.2) is 36.5 Å². The van der Waals surface area contributed by atoms with E-state index < -0.39 is 35.0 Å². The van der Waals surface area contributed by atoms with Crippen molar-refractivity contribution in [1.29, 1.82) is 0 Å². The zero-order valence-electron chi connectivity index (χ0n) is 14.6. The zero-order valence-corrected chi connectivity index (χ0v) is 14.6. The van der Waals surface area contributed by atoms with Crippen molar-refractivity contribution < 1.29 is 27.5 Å². The van der Waals surface area contributed by atoms with Crippen LogP contribution in [0.2, 0.25) is 0 Å². The minimum atomic E-state index is -1.70. The van der Waals surface area contributed by atoms with E-state index in [1.165, 1.54) is 23.8 Å². The van der Waals surface area contributed by atoms with Crippen molar-refractivity contribution in [2.75, 3.05) is 25.6 Å². The third-order valence-electron chi connectivity index (χ3n) is 3.84. The first-order valence-corrected chi connectivity index (χ1v) is 8.13. The average Bonchev–Trinajstić information content (AvgIpc) is 3.08. The number of anilines is 1. The smallest absolute Gasteiger partial charge is 0.287 e. The number of imidazole rings is 1. The molecule has 0 aliphatic rings. The molecule has 2 heterocycles. The van der Waals surface area contributed by atoms with Gasteiger partial charge in [-0.2, -0.15) is 0 Å². The fraction of sp³-hybridized carbons (Fsp3) is 0.167. The molecule has 28 heavy (non-hydrogen) atoms. The van der Waals surface area contributed by atoms with E-state index in [2.05, 4.69) is 15.6 Å². The van der Waals surface area contributed by atoms with Gasteiger partial charge < -0.3 is 15.4 Å². The van der Waals surface area contributed by atoms with Gasteiger partial charge in [-0.1, -0.05) is 6.07 Å². The van der Waals surface area contributed by atoms with E-state index in [1.807, 2.05) is 0 Å². The number of rotatable bonds is 6. The van der Waals surface area contributed by atoms with Gasteiger partial charge in [0.25, 0.3) is 11.8 Å². The highest BCUT2D eigenvalue weighted by atomic mass is 19.2. The summed E-state index contributed by atoms with van der Waals surface area (Å²) < 4.78 is 46.5. The van der Waals surface area contributed by atoms with Crippen LogP contribution in [0.1, 0.15) is 21.1 Å². The number of carbonyl (C=O) groups excluding carboxylic acids is 2. The zero-order chi connectivity index (χ0) is 20.3. The van der Waals surface area contributed by atoms with Crippen LogP contribution in [-0.2, 0) is 4.74 Å². The van der Waals surface area contributed by atoms with Gasteiger partial charge in [0.2, 0.25) is 5.82 Å². The average molecular weight is 392 g/mol. The quantitative estimate of drug-likeness (QED) is 0.498. The van der Waals surface area contributed by atoms with Crippen molar-refractivity contribution in [2.45, 2.75) is 0 Å². The highest BCUT2D eigenvalue weighted by Gasteiger charge is 2.23. The summed E-state index contributed by atoms with van der Waals surface area (Å²) in [5, 5.41) is 4.73. The summed E-state index contributed by atoms with van der Waals surface area (Å²) in [5.41, 5.74) is -0.450. The summed E-state index contributed by atoms with van der Waals surface area (Å²) in [5.74, 6) is -6.11. The number of nitrogens with one attached hydrogen (secondary N) is 2. The number of ether oxygens (including phenoxy) is 1. The van der Waals surface area contributed by atoms with E-state index in [-0.39, 0.29) is 30.2 Å². The lowest BCUT2D eigenvalue weighted by atomic mass is 10.2. The van der Waals surface area contributed by atoms with Gasteiger partial charge in [0.15, 0.2) is 23.1 Å². The SMILES string of the molecule is COCCNC(=O)c1nc(C(=O)Nc2ccc(F)c(F)c2F)c2ccccn12. The van der Waals surface area contributed by atoms with Crippen LogP contribution in [0.25, 0.3) is 5.52 Å². The maximum Gasteiger partial charge on any atom is 0.287 e. The summed E-state index contributed by atoms with van der Waals surface area (Å²) in [4.78, 5) is 28.9. The van der Waals surface area contributed by atoms with Crippen molar-refractivity contribution in [3.8, 4) is 0 Å². The van der Waals surface area contributed by atoms with Crippen LogP contribution in [-0.4, -0.2) is 41.5 Å². The number of hydrogen-bond donors (Lipinski definition) is 2. The number of halogens is 3. The second-order valence-corrected chi connectivity index (χ2v) is 5.67. The number of nitrogens with zero attached hydrogens (tertiary/aromatic N) is 2. The lowest BCUT2D eigenvalue weighted by Gasteiger charge is -2.06. The van der Waals surface area contributed by atoms with Gasteiger partial charge in [0.05, 0.1) is 17.8 Å². The first kappa shape index (κ1) is 19.4. The van der Waals surface area contributed by atoms with Crippen LogP contribution >= 0.6 is 0 Å². The molecule has 0 radical (unpaired) electrons. The Labute approximate surface area is 157 Å². The van der Waals surface area contributed by atoms with Crippen molar-refractivity contribution in [2.24, 2.45) is 0 Å². The molecule has 7 nitrogen and oxygen atoms in total. The second kappa shape index (κ2) is 8.09. The minimum absolute atomic E-state index is 0.0670. The molecule has 1 aromatic carbocycles. The van der Waals surface area contributed by atoms with E-state index >= 15 is 0 Å². The van der Waals surface area contributed by atoms with Crippen molar-refractivity contribution in [1.82, 2.24) is 14.7 Å². The van der Waals surface area contributed by atoms with E-state index in [1.54, 1.807) is 12.1 Å². The van der Waals surface area contributed by atoms with Gasteiger partial charge >= 0.3 is 0 Å². The van der Waals surface area contributed by atoms with Crippen LogP contribution in [0.4, 0.5) is 18.9 Å². The molecular weight excluding hydrogens is 377 g/mol. The minimum Gasteiger partial charge on any atom is -0.383 e. The molecule has 0 saturated heterocycles. The Morgan fingerprint density at radius 2 is 1.89 bits per heavy atom. The van der Waals surface area contributed by atoms with Crippen LogP contribution in [0.5, 0.6) is 0 Å². The maximum atomic E-state index is 13.8. The van der Waals surface area contributed by atoms with Crippen molar-refractivity contribution in [3.05, 3.63) is 65.5 Å². The molecule has 2 N–H and O–H groups in total. The summed E-state index contributed by atoms with van der Waals surface area (Å²) in [6.07, 6.45) is 1.53. The number of benzene rings is 1. The Morgan fingerprint density at radius 1 is 1.11 bits per heavy atom. The summed E-state index contributed by atoms with van der Waals surface area (Å²) in [6, 6.07) is 6.38.